The monoisotopic (exact) mass is 365 g/mol. The molecular weight excluding hydrogens is 342 g/mol. The molecule has 0 aromatic rings. The molecule has 3 amide bonds. The highest BCUT2D eigenvalue weighted by molar-refractivity contribution is 6.08. The molecule has 7 atom stereocenters. The molecule has 3 aliphatic carbocycles. The lowest BCUT2D eigenvalue weighted by Gasteiger charge is -2.22. The first kappa shape index (κ1) is 17.0. The molecule has 0 aromatic heterocycles. The number of amides is 3. The van der Waals surface area contributed by atoms with Crippen LogP contribution >= 0.6 is 12.4 Å². The van der Waals surface area contributed by atoms with E-state index in [4.69, 9.17) is 5.73 Å². The van der Waals surface area contributed by atoms with Crippen LogP contribution in [0.25, 0.3) is 0 Å². The molecule has 7 unspecified atom stereocenters. The second kappa shape index (κ2) is 5.81. The van der Waals surface area contributed by atoms with Crippen LogP contribution in [0.5, 0.6) is 0 Å². The fourth-order valence-electron chi connectivity index (χ4n) is 5.87. The van der Waals surface area contributed by atoms with Gasteiger partial charge in [0.05, 0.1) is 11.8 Å². The summed E-state index contributed by atoms with van der Waals surface area (Å²) < 4.78 is 0. The topological polar surface area (TPSA) is 83.7 Å². The average molecular weight is 366 g/mol. The molecule has 2 saturated heterocycles. The van der Waals surface area contributed by atoms with Crippen molar-refractivity contribution in [1.29, 1.82) is 0 Å². The zero-order valence-electron chi connectivity index (χ0n) is 14.0. The minimum Gasteiger partial charge on any atom is -0.341 e. The minimum absolute atomic E-state index is 0. The summed E-state index contributed by atoms with van der Waals surface area (Å²) >= 11 is 0. The average Bonchev–Trinajstić information content (AvgIpc) is 3.33. The minimum atomic E-state index is -0.216. The van der Waals surface area contributed by atoms with E-state index in [0.29, 0.717) is 18.4 Å². The number of hydrogen-bond acceptors (Lipinski definition) is 4. The Labute approximate surface area is 153 Å². The van der Waals surface area contributed by atoms with Gasteiger partial charge in [-0.1, -0.05) is 12.2 Å². The number of imide groups is 1. The van der Waals surface area contributed by atoms with Crippen molar-refractivity contribution < 1.29 is 14.4 Å². The lowest BCUT2D eigenvalue weighted by atomic mass is 9.85. The number of likely N-dealkylation sites (tertiary alicyclic amines) is 2. The first-order valence-electron chi connectivity index (χ1n) is 9.11. The Morgan fingerprint density at radius 2 is 1.72 bits per heavy atom. The number of allylic oxidation sites excluding steroid dienone is 2. The highest BCUT2D eigenvalue weighted by Crippen LogP contribution is 2.52. The van der Waals surface area contributed by atoms with Gasteiger partial charge >= 0.3 is 0 Å². The molecule has 4 fully saturated rings. The van der Waals surface area contributed by atoms with E-state index in [2.05, 4.69) is 12.2 Å². The van der Waals surface area contributed by atoms with Gasteiger partial charge in [0.15, 0.2) is 0 Å². The third-order valence-electron chi connectivity index (χ3n) is 7.12. The predicted molar refractivity (Wildman–Crippen MR) is 92.5 cm³/mol. The Morgan fingerprint density at radius 3 is 2.32 bits per heavy atom. The van der Waals surface area contributed by atoms with Crippen molar-refractivity contribution in [2.45, 2.75) is 25.3 Å². The van der Waals surface area contributed by atoms with Gasteiger partial charge in [-0.15, -0.1) is 12.4 Å². The van der Waals surface area contributed by atoms with Crippen LogP contribution < -0.4 is 5.73 Å². The summed E-state index contributed by atoms with van der Waals surface area (Å²) in [7, 11) is 0. The molecule has 2 bridgehead atoms. The van der Waals surface area contributed by atoms with E-state index < -0.39 is 0 Å². The Morgan fingerprint density at radius 1 is 1.08 bits per heavy atom. The van der Waals surface area contributed by atoms with Gasteiger partial charge in [-0.2, -0.15) is 0 Å². The highest BCUT2D eigenvalue weighted by atomic mass is 35.5. The second-order valence-electron chi connectivity index (χ2n) is 8.23. The van der Waals surface area contributed by atoms with E-state index in [-0.39, 0.29) is 66.4 Å². The Hall–Kier alpha value is -1.40. The predicted octanol–water partition coefficient (Wildman–Crippen LogP) is 0.411. The van der Waals surface area contributed by atoms with Gasteiger partial charge in [0.25, 0.3) is 0 Å². The maximum Gasteiger partial charge on any atom is 0.242 e. The standard InChI is InChI=1S/C18H23N3O3.ClH/c19-13-4-3-11-6-20(7-12(11)13)14(22)8-21-17(23)15-9-1-2-10(5-9)16(15)18(21)24;/h1-2,9-13,15-16H,3-8,19H2;1H. The molecule has 0 radical (unpaired) electrons. The molecule has 5 rings (SSSR count). The molecule has 7 heteroatoms. The summed E-state index contributed by atoms with van der Waals surface area (Å²) in [6.07, 6.45) is 7.19. The number of nitrogens with two attached hydrogens (primary N) is 1. The Kier molecular flexibility index (Phi) is 3.96. The van der Waals surface area contributed by atoms with Gasteiger partial charge in [0.2, 0.25) is 17.7 Å². The molecule has 2 saturated carbocycles. The molecule has 6 nitrogen and oxygen atoms in total. The third-order valence-corrected chi connectivity index (χ3v) is 7.12. The SMILES string of the molecule is Cl.NC1CCC2CN(C(=O)CN3C(=O)C4C5C=CC(C5)C4C3=O)CC12. The summed E-state index contributed by atoms with van der Waals surface area (Å²) in [5, 5.41) is 0. The van der Waals surface area contributed by atoms with Gasteiger partial charge in [-0.05, 0) is 42.9 Å². The molecule has 136 valence electrons. The lowest BCUT2D eigenvalue weighted by Crippen LogP contribution is -2.43. The number of hydrogen-bond donors (Lipinski definition) is 1. The fraction of sp³-hybridized carbons (Fsp3) is 0.722. The summed E-state index contributed by atoms with van der Waals surface area (Å²) in [6, 6.07) is 0.184. The molecule has 0 spiro atoms. The van der Waals surface area contributed by atoms with E-state index in [1.807, 2.05) is 4.90 Å². The quantitative estimate of drug-likeness (QED) is 0.567. The third kappa shape index (κ3) is 2.30. The van der Waals surface area contributed by atoms with E-state index in [1.54, 1.807) is 0 Å². The van der Waals surface area contributed by atoms with Crippen LogP contribution in [0.1, 0.15) is 19.3 Å². The summed E-state index contributed by atoms with van der Waals surface area (Å²) in [5.74, 6) is 0.475. The van der Waals surface area contributed by atoms with Crippen molar-refractivity contribution in [2.24, 2.45) is 41.2 Å². The van der Waals surface area contributed by atoms with Crippen molar-refractivity contribution in [2.75, 3.05) is 19.6 Å². The Balaban J connectivity index is 0.00000157. The van der Waals surface area contributed by atoms with Crippen LogP contribution in [-0.2, 0) is 14.4 Å². The number of nitrogens with zero attached hydrogens (tertiary/aromatic N) is 2. The van der Waals surface area contributed by atoms with Gasteiger partial charge < -0.3 is 10.6 Å². The maximum absolute atomic E-state index is 12.7. The first-order valence-corrected chi connectivity index (χ1v) is 9.11. The van der Waals surface area contributed by atoms with Crippen molar-refractivity contribution in [3.8, 4) is 0 Å². The molecule has 0 aromatic carbocycles. The van der Waals surface area contributed by atoms with E-state index >= 15 is 0 Å². The van der Waals surface area contributed by atoms with Crippen molar-refractivity contribution >= 4 is 30.1 Å². The van der Waals surface area contributed by atoms with Gasteiger partial charge in [-0.3, -0.25) is 19.3 Å². The molecule has 5 aliphatic rings. The largest absolute Gasteiger partial charge is 0.341 e. The zero-order valence-corrected chi connectivity index (χ0v) is 14.9. The highest BCUT2D eigenvalue weighted by Gasteiger charge is 2.59. The van der Waals surface area contributed by atoms with Crippen LogP contribution in [0.4, 0.5) is 0 Å². The number of carbonyl (C=O) groups excluding carboxylic acids is 3. The second-order valence-corrected chi connectivity index (χ2v) is 8.23. The number of halogens is 1. The van der Waals surface area contributed by atoms with Crippen LogP contribution in [-0.4, -0.2) is 53.2 Å². The van der Waals surface area contributed by atoms with Gasteiger partial charge in [0.1, 0.15) is 6.54 Å². The molecule has 2 N–H and O–H groups in total. The van der Waals surface area contributed by atoms with Gasteiger partial charge in [-0.25, -0.2) is 0 Å². The van der Waals surface area contributed by atoms with E-state index in [1.165, 1.54) is 4.90 Å². The molecule has 2 heterocycles. The van der Waals surface area contributed by atoms with Crippen LogP contribution in [0.15, 0.2) is 12.2 Å². The number of rotatable bonds is 2. The molecular formula is C18H24ClN3O3. The zero-order chi connectivity index (χ0) is 16.6. The molecule has 2 aliphatic heterocycles. The smallest absolute Gasteiger partial charge is 0.242 e. The summed E-state index contributed by atoms with van der Waals surface area (Å²) in [5.41, 5.74) is 6.13. The lowest BCUT2D eigenvalue weighted by molar-refractivity contribution is -0.146. The Bertz CT molecular complexity index is 636. The number of fused-ring (bicyclic) bond motifs is 6. The maximum atomic E-state index is 12.7. The van der Waals surface area contributed by atoms with Crippen molar-refractivity contribution in [1.82, 2.24) is 9.80 Å². The van der Waals surface area contributed by atoms with Crippen LogP contribution in [0.2, 0.25) is 0 Å². The normalized spacial score (nSPS) is 43.6. The first-order chi connectivity index (χ1) is 11.5. The van der Waals surface area contributed by atoms with Crippen molar-refractivity contribution in [3.63, 3.8) is 0 Å². The van der Waals surface area contributed by atoms with Crippen LogP contribution in [0, 0.1) is 35.5 Å². The molecule has 25 heavy (non-hydrogen) atoms. The number of carbonyl (C=O) groups is 3. The van der Waals surface area contributed by atoms with Crippen LogP contribution in [0.3, 0.4) is 0 Å². The summed E-state index contributed by atoms with van der Waals surface area (Å²) in [4.78, 5) is 41.0. The van der Waals surface area contributed by atoms with Crippen molar-refractivity contribution in [3.05, 3.63) is 12.2 Å². The fourth-order valence-corrected chi connectivity index (χ4v) is 5.87. The van der Waals surface area contributed by atoms with Gasteiger partial charge in [0, 0.05) is 19.1 Å². The summed E-state index contributed by atoms with van der Waals surface area (Å²) in [6.45, 7) is 1.33. The van der Waals surface area contributed by atoms with E-state index in [0.717, 1.165) is 25.8 Å². The van der Waals surface area contributed by atoms with E-state index in [9.17, 15) is 14.4 Å².